The number of Topliss-reactive ketones (excluding diaryl/α,β-unsaturated/α-hetero) is 1. The summed E-state index contributed by atoms with van der Waals surface area (Å²) < 4.78 is 0. The lowest BCUT2D eigenvalue weighted by Gasteiger charge is -2.29. The Balaban J connectivity index is 4.87. The van der Waals surface area contributed by atoms with Crippen LogP contribution in [0, 0.1) is 23.7 Å². The van der Waals surface area contributed by atoms with Gasteiger partial charge in [-0.3, -0.25) is 4.79 Å². The van der Waals surface area contributed by atoms with Crippen molar-refractivity contribution < 1.29 is 4.79 Å². The minimum Gasteiger partial charge on any atom is -0.299 e. The van der Waals surface area contributed by atoms with E-state index in [1.807, 2.05) is 0 Å². The summed E-state index contributed by atoms with van der Waals surface area (Å²) in [5.41, 5.74) is 0. The largest absolute Gasteiger partial charge is 0.299 e. The topological polar surface area (TPSA) is 17.1 Å². The average molecular weight is 254 g/mol. The van der Waals surface area contributed by atoms with Gasteiger partial charge in [0, 0.05) is 11.8 Å². The molecule has 0 saturated carbocycles. The van der Waals surface area contributed by atoms with Crippen molar-refractivity contribution in [3.05, 3.63) is 0 Å². The van der Waals surface area contributed by atoms with Crippen LogP contribution in [0.25, 0.3) is 0 Å². The van der Waals surface area contributed by atoms with E-state index in [9.17, 15) is 4.79 Å². The van der Waals surface area contributed by atoms with Gasteiger partial charge in [0.1, 0.15) is 5.78 Å². The van der Waals surface area contributed by atoms with E-state index in [1.54, 1.807) is 0 Å². The molecule has 0 aliphatic rings. The third-order valence-electron chi connectivity index (χ3n) is 4.59. The molecule has 4 atom stereocenters. The molecule has 0 aromatic carbocycles. The molecule has 4 unspecified atom stereocenters. The first-order valence-corrected chi connectivity index (χ1v) is 8.06. The standard InChI is InChI=1S/C17H34O/c1-7-11-15(13(5)9-3)17(18)16(12-8-2)14(6)10-4/h13-16H,7-12H2,1-6H3. The van der Waals surface area contributed by atoms with Crippen molar-refractivity contribution in [2.24, 2.45) is 23.7 Å². The summed E-state index contributed by atoms with van der Waals surface area (Å²) in [6, 6.07) is 0. The Kier molecular flexibility index (Phi) is 9.40. The number of hydrogen-bond donors (Lipinski definition) is 0. The van der Waals surface area contributed by atoms with Crippen LogP contribution in [0.1, 0.15) is 80.1 Å². The van der Waals surface area contributed by atoms with E-state index in [0.29, 0.717) is 29.5 Å². The van der Waals surface area contributed by atoms with Gasteiger partial charge in [0.15, 0.2) is 0 Å². The number of ketones is 1. The average Bonchev–Trinajstić information content (AvgIpc) is 2.39. The van der Waals surface area contributed by atoms with Crippen LogP contribution in [0.4, 0.5) is 0 Å². The molecular weight excluding hydrogens is 220 g/mol. The normalized spacial score (nSPS) is 18.1. The second kappa shape index (κ2) is 9.58. The fraction of sp³-hybridized carbons (Fsp3) is 0.941. The van der Waals surface area contributed by atoms with Crippen molar-refractivity contribution in [3.8, 4) is 0 Å². The zero-order valence-electron chi connectivity index (χ0n) is 13.5. The Morgan fingerprint density at radius 1 is 0.778 bits per heavy atom. The van der Waals surface area contributed by atoms with Crippen molar-refractivity contribution in [1.29, 1.82) is 0 Å². The van der Waals surface area contributed by atoms with Crippen molar-refractivity contribution in [3.63, 3.8) is 0 Å². The van der Waals surface area contributed by atoms with E-state index in [-0.39, 0.29) is 0 Å². The van der Waals surface area contributed by atoms with E-state index < -0.39 is 0 Å². The molecule has 0 aliphatic heterocycles. The van der Waals surface area contributed by atoms with E-state index >= 15 is 0 Å². The maximum Gasteiger partial charge on any atom is 0.139 e. The van der Waals surface area contributed by atoms with Gasteiger partial charge in [0.05, 0.1) is 0 Å². The Hall–Kier alpha value is -0.330. The second-order valence-electron chi connectivity index (χ2n) is 5.96. The minimum absolute atomic E-state index is 0.297. The maximum absolute atomic E-state index is 12.8. The molecule has 1 heteroatoms. The third kappa shape index (κ3) is 5.12. The predicted octanol–water partition coefficient (Wildman–Crippen LogP) is 5.48. The van der Waals surface area contributed by atoms with Crippen molar-refractivity contribution in [2.45, 2.75) is 80.1 Å². The highest BCUT2D eigenvalue weighted by molar-refractivity contribution is 5.83. The summed E-state index contributed by atoms with van der Waals surface area (Å²) in [6.07, 6.45) is 6.64. The summed E-state index contributed by atoms with van der Waals surface area (Å²) in [6.45, 7) is 13.3. The fourth-order valence-electron chi connectivity index (χ4n) is 2.88. The molecule has 0 N–H and O–H groups in total. The number of carbonyl (C=O) groups is 1. The first-order valence-electron chi connectivity index (χ1n) is 8.06. The molecule has 0 radical (unpaired) electrons. The lowest BCUT2D eigenvalue weighted by atomic mass is 9.74. The molecule has 0 heterocycles. The van der Waals surface area contributed by atoms with Crippen LogP contribution >= 0.6 is 0 Å². The molecule has 18 heavy (non-hydrogen) atoms. The smallest absolute Gasteiger partial charge is 0.139 e. The van der Waals surface area contributed by atoms with E-state index in [4.69, 9.17) is 0 Å². The molecule has 0 aliphatic carbocycles. The maximum atomic E-state index is 12.8. The number of rotatable bonds is 10. The molecule has 108 valence electrons. The number of carbonyl (C=O) groups excluding carboxylic acids is 1. The highest BCUT2D eigenvalue weighted by atomic mass is 16.1. The molecule has 0 amide bonds. The molecule has 0 rings (SSSR count). The molecule has 0 bridgehead atoms. The van der Waals surface area contributed by atoms with Gasteiger partial charge in [-0.1, -0.05) is 67.2 Å². The van der Waals surface area contributed by atoms with Crippen molar-refractivity contribution in [2.75, 3.05) is 0 Å². The zero-order chi connectivity index (χ0) is 14.1. The predicted molar refractivity (Wildman–Crippen MR) is 80.7 cm³/mol. The summed E-state index contributed by atoms with van der Waals surface area (Å²) >= 11 is 0. The monoisotopic (exact) mass is 254 g/mol. The molecule has 0 aromatic rings. The van der Waals surface area contributed by atoms with Gasteiger partial charge in [-0.2, -0.15) is 0 Å². The first-order chi connectivity index (χ1) is 8.53. The Morgan fingerprint density at radius 2 is 1.11 bits per heavy atom. The molecule has 0 spiro atoms. The second-order valence-corrected chi connectivity index (χ2v) is 5.96. The van der Waals surface area contributed by atoms with E-state index in [1.165, 1.54) is 0 Å². The van der Waals surface area contributed by atoms with Crippen LogP contribution in [0.3, 0.4) is 0 Å². The van der Waals surface area contributed by atoms with Crippen LogP contribution in [-0.4, -0.2) is 5.78 Å². The number of hydrogen-bond acceptors (Lipinski definition) is 1. The minimum atomic E-state index is 0.297. The van der Waals surface area contributed by atoms with Crippen LogP contribution in [0.2, 0.25) is 0 Å². The van der Waals surface area contributed by atoms with Crippen molar-refractivity contribution >= 4 is 5.78 Å². The van der Waals surface area contributed by atoms with Gasteiger partial charge in [-0.25, -0.2) is 0 Å². The highest BCUT2D eigenvalue weighted by Gasteiger charge is 2.31. The van der Waals surface area contributed by atoms with Gasteiger partial charge in [-0.15, -0.1) is 0 Å². The lowest BCUT2D eigenvalue weighted by Crippen LogP contribution is -2.31. The van der Waals surface area contributed by atoms with Gasteiger partial charge < -0.3 is 0 Å². The van der Waals surface area contributed by atoms with Gasteiger partial charge >= 0.3 is 0 Å². The molecule has 0 aromatic heterocycles. The zero-order valence-corrected chi connectivity index (χ0v) is 13.5. The highest BCUT2D eigenvalue weighted by Crippen LogP contribution is 2.31. The van der Waals surface area contributed by atoms with Crippen LogP contribution in [-0.2, 0) is 4.79 Å². The summed E-state index contributed by atoms with van der Waals surface area (Å²) in [5.74, 6) is 2.24. The molecule has 0 saturated heterocycles. The molecular formula is C17H34O. The first kappa shape index (κ1) is 17.7. The summed E-state index contributed by atoms with van der Waals surface area (Å²) in [4.78, 5) is 12.8. The Morgan fingerprint density at radius 3 is 1.33 bits per heavy atom. The SMILES string of the molecule is CCCC(C(=O)C(CCC)C(C)CC)C(C)CC. The Bertz CT molecular complexity index is 200. The molecule has 0 fully saturated rings. The Labute approximate surface area is 115 Å². The molecule has 1 nitrogen and oxygen atoms in total. The van der Waals surface area contributed by atoms with Gasteiger partial charge in [-0.05, 0) is 24.7 Å². The van der Waals surface area contributed by atoms with E-state index in [2.05, 4.69) is 41.5 Å². The fourth-order valence-corrected chi connectivity index (χ4v) is 2.88. The van der Waals surface area contributed by atoms with Gasteiger partial charge in [0.25, 0.3) is 0 Å². The van der Waals surface area contributed by atoms with Crippen LogP contribution < -0.4 is 0 Å². The summed E-state index contributed by atoms with van der Waals surface area (Å²) in [5, 5.41) is 0. The van der Waals surface area contributed by atoms with E-state index in [0.717, 1.165) is 38.5 Å². The lowest BCUT2D eigenvalue weighted by molar-refractivity contribution is -0.130. The third-order valence-corrected chi connectivity index (χ3v) is 4.59. The van der Waals surface area contributed by atoms with Crippen molar-refractivity contribution in [1.82, 2.24) is 0 Å². The van der Waals surface area contributed by atoms with Gasteiger partial charge in [0.2, 0.25) is 0 Å². The quantitative estimate of drug-likeness (QED) is 0.504. The summed E-state index contributed by atoms with van der Waals surface area (Å²) in [7, 11) is 0. The van der Waals surface area contributed by atoms with Crippen LogP contribution in [0.5, 0.6) is 0 Å². The van der Waals surface area contributed by atoms with Crippen LogP contribution in [0.15, 0.2) is 0 Å².